The lowest BCUT2D eigenvalue weighted by Gasteiger charge is -2.23. The molecule has 0 fully saturated rings. The van der Waals surface area contributed by atoms with E-state index in [-0.39, 0.29) is 5.91 Å². The summed E-state index contributed by atoms with van der Waals surface area (Å²) in [5, 5.41) is 3.04. The minimum atomic E-state index is -0.285. The van der Waals surface area contributed by atoms with Gasteiger partial charge in [0.15, 0.2) is 11.5 Å². The fourth-order valence-corrected chi connectivity index (χ4v) is 3.80. The minimum Gasteiger partial charge on any atom is -0.496 e. The smallest absolute Gasteiger partial charge is 0.259 e. The van der Waals surface area contributed by atoms with Gasteiger partial charge in [-0.3, -0.25) is 4.79 Å². The summed E-state index contributed by atoms with van der Waals surface area (Å²) < 4.78 is 16.1. The topological polar surface area (TPSA) is 60.0 Å². The van der Waals surface area contributed by atoms with Crippen LogP contribution in [-0.2, 0) is 6.42 Å². The first-order chi connectivity index (χ1) is 14.7. The van der Waals surface area contributed by atoms with E-state index in [9.17, 15) is 4.79 Å². The molecule has 4 rings (SSSR count). The Kier molecular flexibility index (Phi) is 5.48. The van der Waals surface area contributed by atoms with Crippen LogP contribution in [0.1, 0.15) is 15.9 Å². The van der Waals surface area contributed by atoms with Gasteiger partial charge in [-0.05, 0) is 30.2 Å². The van der Waals surface area contributed by atoms with Gasteiger partial charge in [-0.1, -0.05) is 30.3 Å². The van der Waals surface area contributed by atoms with Crippen molar-refractivity contribution in [2.45, 2.75) is 6.42 Å². The molecule has 0 spiro atoms. The Hall–Kier alpha value is -3.67. The monoisotopic (exact) mass is 404 g/mol. The highest BCUT2D eigenvalue weighted by molar-refractivity contribution is 6.08. The number of nitrogens with one attached hydrogen (secondary N) is 1. The van der Waals surface area contributed by atoms with Gasteiger partial charge in [0.2, 0.25) is 0 Å². The van der Waals surface area contributed by atoms with Crippen molar-refractivity contribution < 1.29 is 19.0 Å². The number of rotatable bonds is 6. The van der Waals surface area contributed by atoms with Crippen molar-refractivity contribution in [2.75, 3.05) is 38.1 Å². The van der Waals surface area contributed by atoms with E-state index in [4.69, 9.17) is 14.2 Å². The SMILES string of the molecule is COc1cc(OC)c(C(=O)Nc2ccccc2N2CCc3ccccc32)cc1OC. The van der Waals surface area contributed by atoms with Crippen LogP contribution in [0, 0.1) is 0 Å². The molecule has 0 saturated carbocycles. The molecular formula is C24H24N2O4. The zero-order valence-corrected chi connectivity index (χ0v) is 17.3. The number of para-hydroxylation sites is 3. The van der Waals surface area contributed by atoms with E-state index in [0.717, 1.165) is 24.3 Å². The molecule has 0 saturated heterocycles. The van der Waals surface area contributed by atoms with Gasteiger partial charge in [-0.25, -0.2) is 0 Å². The van der Waals surface area contributed by atoms with Crippen molar-refractivity contribution in [1.29, 1.82) is 0 Å². The molecule has 0 radical (unpaired) electrons. The first kappa shape index (κ1) is 19.6. The highest BCUT2D eigenvalue weighted by atomic mass is 16.5. The van der Waals surface area contributed by atoms with Crippen molar-refractivity contribution in [1.82, 2.24) is 0 Å². The number of methoxy groups -OCH3 is 3. The van der Waals surface area contributed by atoms with Crippen LogP contribution < -0.4 is 24.4 Å². The average molecular weight is 404 g/mol. The largest absolute Gasteiger partial charge is 0.496 e. The maximum Gasteiger partial charge on any atom is 0.259 e. The Balaban J connectivity index is 1.68. The summed E-state index contributed by atoms with van der Waals surface area (Å²) in [5.41, 5.74) is 4.53. The first-order valence-electron chi connectivity index (χ1n) is 9.72. The number of carbonyl (C=O) groups excluding carboxylic acids is 1. The summed E-state index contributed by atoms with van der Waals surface area (Å²) in [6.07, 6.45) is 0.974. The lowest BCUT2D eigenvalue weighted by molar-refractivity contribution is 0.102. The number of nitrogens with zero attached hydrogens (tertiary/aromatic N) is 1. The predicted molar refractivity (Wildman–Crippen MR) is 118 cm³/mol. The van der Waals surface area contributed by atoms with Crippen LogP contribution in [0.2, 0.25) is 0 Å². The molecule has 0 atom stereocenters. The number of benzene rings is 3. The van der Waals surface area contributed by atoms with Crippen LogP contribution in [0.25, 0.3) is 0 Å². The Bertz CT molecular complexity index is 1080. The number of carbonyl (C=O) groups is 1. The molecular weight excluding hydrogens is 380 g/mol. The predicted octanol–water partition coefficient (Wildman–Crippen LogP) is 4.66. The van der Waals surface area contributed by atoms with E-state index in [1.54, 1.807) is 19.2 Å². The van der Waals surface area contributed by atoms with Gasteiger partial charge >= 0.3 is 0 Å². The van der Waals surface area contributed by atoms with E-state index in [1.165, 1.54) is 25.5 Å². The number of hydrogen-bond acceptors (Lipinski definition) is 5. The Morgan fingerprint density at radius 1 is 0.833 bits per heavy atom. The second kappa shape index (κ2) is 8.37. The lowest BCUT2D eigenvalue weighted by Crippen LogP contribution is -2.19. The highest BCUT2D eigenvalue weighted by Crippen LogP contribution is 2.39. The third-order valence-electron chi connectivity index (χ3n) is 5.28. The Morgan fingerprint density at radius 2 is 1.47 bits per heavy atom. The number of fused-ring (bicyclic) bond motifs is 1. The molecule has 0 unspecified atom stereocenters. The minimum absolute atomic E-state index is 0.285. The molecule has 3 aromatic carbocycles. The number of hydrogen-bond donors (Lipinski definition) is 1. The van der Waals surface area contributed by atoms with Crippen LogP contribution in [0.15, 0.2) is 60.7 Å². The summed E-state index contributed by atoms with van der Waals surface area (Å²) in [7, 11) is 4.60. The molecule has 3 aromatic rings. The summed E-state index contributed by atoms with van der Waals surface area (Å²) in [5.74, 6) is 1.09. The maximum absolute atomic E-state index is 13.2. The molecule has 0 aromatic heterocycles. The molecule has 154 valence electrons. The normalized spacial score (nSPS) is 12.3. The molecule has 0 aliphatic carbocycles. The molecule has 6 nitrogen and oxygen atoms in total. The molecule has 0 bridgehead atoms. The Morgan fingerprint density at radius 3 is 2.20 bits per heavy atom. The molecule has 1 amide bonds. The summed E-state index contributed by atoms with van der Waals surface area (Å²) in [6.45, 7) is 0.867. The van der Waals surface area contributed by atoms with Gasteiger partial charge < -0.3 is 24.4 Å². The average Bonchev–Trinajstić information content (AvgIpc) is 3.22. The van der Waals surface area contributed by atoms with E-state index in [1.807, 2.05) is 30.3 Å². The van der Waals surface area contributed by atoms with Crippen molar-refractivity contribution in [3.8, 4) is 17.2 Å². The van der Waals surface area contributed by atoms with Gasteiger partial charge in [-0.2, -0.15) is 0 Å². The zero-order chi connectivity index (χ0) is 21.1. The fourth-order valence-electron chi connectivity index (χ4n) is 3.80. The van der Waals surface area contributed by atoms with Crippen molar-refractivity contribution in [3.05, 3.63) is 71.8 Å². The first-order valence-corrected chi connectivity index (χ1v) is 9.72. The van der Waals surface area contributed by atoms with Crippen LogP contribution in [0.5, 0.6) is 17.2 Å². The summed E-state index contributed by atoms with van der Waals surface area (Å²) in [6, 6.07) is 19.4. The molecule has 30 heavy (non-hydrogen) atoms. The van der Waals surface area contributed by atoms with E-state index < -0.39 is 0 Å². The molecule has 1 aliphatic rings. The van der Waals surface area contributed by atoms with Gasteiger partial charge in [0.05, 0.1) is 38.3 Å². The van der Waals surface area contributed by atoms with Crippen LogP contribution in [0.3, 0.4) is 0 Å². The van der Waals surface area contributed by atoms with Crippen molar-refractivity contribution in [3.63, 3.8) is 0 Å². The van der Waals surface area contributed by atoms with Crippen LogP contribution >= 0.6 is 0 Å². The molecule has 6 heteroatoms. The molecule has 1 aliphatic heterocycles. The summed E-state index contributed by atoms with van der Waals surface area (Å²) in [4.78, 5) is 15.4. The lowest BCUT2D eigenvalue weighted by atomic mass is 10.1. The number of ether oxygens (including phenoxy) is 3. The van der Waals surface area contributed by atoms with E-state index in [0.29, 0.717) is 22.8 Å². The van der Waals surface area contributed by atoms with Gasteiger partial charge in [0.1, 0.15) is 5.75 Å². The zero-order valence-electron chi connectivity index (χ0n) is 17.3. The fraction of sp³-hybridized carbons (Fsp3) is 0.208. The third-order valence-corrected chi connectivity index (χ3v) is 5.28. The van der Waals surface area contributed by atoms with Gasteiger partial charge in [0.25, 0.3) is 5.91 Å². The van der Waals surface area contributed by atoms with Crippen LogP contribution in [-0.4, -0.2) is 33.8 Å². The van der Waals surface area contributed by atoms with Crippen molar-refractivity contribution >= 4 is 23.0 Å². The molecule has 1 heterocycles. The van der Waals surface area contributed by atoms with E-state index >= 15 is 0 Å². The molecule has 1 N–H and O–H groups in total. The van der Waals surface area contributed by atoms with E-state index in [2.05, 4.69) is 28.4 Å². The number of amides is 1. The highest BCUT2D eigenvalue weighted by Gasteiger charge is 2.24. The van der Waals surface area contributed by atoms with Crippen LogP contribution in [0.4, 0.5) is 17.1 Å². The summed E-state index contributed by atoms with van der Waals surface area (Å²) >= 11 is 0. The quantitative estimate of drug-likeness (QED) is 0.648. The standard InChI is InChI=1S/C24H24N2O4/c1-28-21-15-23(30-3)22(29-2)14-17(21)24(27)25-18-9-5-7-11-20(18)26-13-12-16-8-4-6-10-19(16)26/h4-11,14-15H,12-13H2,1-3H3,(H,25,27). The Labute approximate surface area is 176 Å². The second-order valence-corrected chi connectivity index (χ2v) is 6.91. The third kappa shape index (κ3) is 3.52. The second-order valence-electron chi connectivity index (χ2n) is 6.91. The van der Waals surface area contributed by atoms with Gasteiger partial charge in [-0.15, -0.1) is 0 Å². The number of anilines is 3. The van der Waals surface area contributed by atoms with Gasteiger partial charge in [0, 0.05) is 24.4 Å². The van der Waals surface area contributed by atoms with Crippen molar-refractivity contribution in [2.24, 2.45) is 0 Å². The maximum atomic E-state index is 13.2.